The highest BCUT2D eigenvalue weighted by Crippen LogP contribution is 2.21. The van der Waals surface area contributed by atoms with E-state index < -0.39 is 0 Å². The Morgan fingerprint density at radius 1 is 1.12 bits per heavy atom. The van der Waals surface area contributed by atoms with Gasteiger partial charge in [-0.05, 0) is 55.7 Å². The van der Waals surface area contributed by atoms with E-state index in [9.17, 15) is 4.79 Å². The Kier molecular flexibility index (Phi) is 5.41. The molecule has 2 aromatic carbocycles. The predicted molar refractivity (Wildman–Crippen MR) is 103 cm³/mol. The molecule has 0 unspecified atom stereocenters. The number of anilines is 2. The summed E-state index contributed by atoms with van der Waals surface area (Å²) < 4.78 is 1.01. The maximum Gasteiger partial charge on any atom is 0.319 e. The third kappa shape index (κ3) is 4.29. The van der Waals surface area contributed by atoms with Crippen molar-refractivity contribution in [3.05, 3.63) is 58.6 Å². The number of urea groups is 1. The van der Waals surface area contributed by atoms with E-state index in [0.29, 0.717) is 0 Å². The maximum absolute atomic E-state index is 12.2. The topological polar surface area (TPSA) is 44.4 Å². The zero-order valence-corrected chi connectivity index (χ0v) is 15.3. The number of aryl methyl sites for hydroxylation is 1. The second-order valence-corrected chi connectivity index (χ2v) is 7.07. The van der Waals surface area contributed by atoms with Gasteiger partial charge >= 0.3 is 6.03 Å². The lowest BCUT2D eigenvalue weighted by atomic mass is 10.0. The Bertz CT molecular complexity index is 697. The predicted octanol–water partition coefficient (Wildman–Crippen LogP) is 4.55. The molecule has 5 heteroatoms. The first-order valence-electron chi connectivity index (χ1n) is 8.25. The van der Waals surface area contributed by atoms with Crippen LogP contribution < -0.4 is 15.5 Å². The fraction of sp³-hybridized carbons (Fsp3) is 0.316. The second-order valence-electron chi connectivity index (χ2n) is 6.15. The summed E-state index contributed by atoms with van der Waals surface area (Å²) in [5, 5.41) is 6.04. The first-order valence-corrected chi connectivity index (χ1v) is 9.05. The molecule has 2 N–H and O–H groups in total. The summed E-state index contributed by atoms with van der Waals surface area (Å²) in [5.74, 6) is 0. The van der Waals surface area contributed by atoms with Gasteiger partial charge in [-0.3, -0.25) is 0 Å². The van der Waals surface area contributed by atoms with E-state index in [4.69, 9.17) is 0 Å². The van der Waals surface area contributed by atoms with Crippen molar-refractivity contribution in [1.82, 2.24) is 5.32 Å². The van der Waals surface area contributed by atoms with E-state index in [1.165, 1.54) is 5.69 Å². The normalized spacial score (nSPS) is 15.2. The van der Waals surface area contributed by atoms with Crippen molar-refractivity contribution in [2.75, 3.05) is 23.3 Å². The monoisotopic (exact) mass is 387 g/mol. The molecule has 0 bridgehead atoms. The van der Waals surface area contributed by atoms with Crippen LogP contribution in [0.4, 0.5) is 16.2 Å². The molecule has 2 amide bonds. The van der Waals surface area contributed by atoms with Crippen LogP contribution in [-0.2, 0) is 0 Å². The highest BCUT2D eigenvalue weighted by Gasteiger charge is 2.20. The molecule has 0 aliphatic carbocycles. The summed E-state index contributed by atoms with van der Waals surface area (Å²) in [6.07, 6.45) is 1.92. The van der Waals surface area contributed by atoms with Crippen molar-refractivity contribution in [2.45, 2.75) is 25.8 Å². The van der Waals surface area contributed by atoms with Gasteiger partial charge in [-0.15, -0.1) is 0 Å². The van der Waals surface area contributed by atoms with Crippen molar-refractivity contribution in [3.63, 3.8) is 0 Å². The van der Waals surface area contributed by atoms with Crippen molar-refractivity contribution in [2.24, 2.45) is 0 Å². The van der Waals surface area contributed by atoms with E-state index in [1.54, 1.807) is 0 Å². The zero-order chi connectivity index (χ0) is 16.9. The molecule has 1 heterocycles. The van der Waals surface area contributed by atoms with Crippen LogP contribution in [-0.4, -0.2) is 25.2 Å². The summed E-state index contributed by atoms with van der Waals surface area (Å²) in [5.41, 5.74) is 3.14. The minimum atomic E-state index is -0.126. The van der Waals surface area contributed by atoms with Gasteiger partial charge in [0.1, 0.15) is 0 Å². The number of piperidine rings is 1. The van der Waals surface area contributed by atoms with Crippen molar-refractivity contribution in [1.29, 1.82) is 0 Å². The molecule has 2 aromatic rings. The molecule has 0 radical (unpaired) electrons. The van der Waals surface area contributed by atoms with E-state index in [2.05, 4.69) is 55.7 Å². The second kappa shape index (κ2) is 7.71. The average Bonchev–Trinajstić information content (AvgIpc) is 2.59. The summed E-state index contributed by atoms with van der Waals surface area (Å²) in [6.45, 7) is 3.91. The molecule has 24 heavy (non-hydrogen) atoms. The fourth-order valence-corrected chi connectivity index (χ4v) is 3.51. The first kappa shape index (κ1) is 16.8. The van der Waals surface area contributed by atoms with Crippen LogP contribution >= 0.6 is 15.9 Å². The van der Waals surface area contributed by atoms with Gasteiger partial charge < -0.3 is 15.5 Å². The Morgan fingerprint density at radius 3 is 2.50 bits per heavy atom. The van der Waals surface area contributed by atoms with Crippen LogP contribution in [0.3, 0.4) is 0 Å². The number of nitrogens with one attached hydrogen (secondary N) is 2. The number of halogens is 1. The molecule has 0 spiro atoms. The van der Waals surface area contributed by atoms with Gasteiger partial charge in [0.05, 0.1) is 0 Å². The van der Waals surface area contributed by atoms with Crippen molar-refractivity contribution in [3.8, 4) is 0 Å². The van der Waals surface area contributed by atoms with Gasteiger partial charge in [0.2, 0.25) is 0 Å². The van der Waals surface area contributed by atoms with Crippen LogP contribution in [0.5, 0.6) is 0 Å². The lowest BCUT2D eigenvalue weighted by Crippen LogP contribution is -2.46. The smallest absolute Gasteiger partial charge is 0.319 e. The van der Waals surface area contributed by atoms with E-state index in [1.807, 2.05) is 31.2 Å². The van der Waals surface area contributed by atoms with Gasteiger partial charge in [-0.1, -0.05) is 34.1 Å². The number of nitrogens with zero attached hydrogens (tertiary/aromatic N) is 1. The number of hydrogen-bond donors (Lipinski definition) is 2. The number of para-hydroxylation sites is 1. The molecule has 1 fully saturated rings. The summed E-state index contributed by atoms with van der Waals surface area (Å²) in [6, 6.07) is 16.4. The quantitative estimate of drug-likeness (QED) is 0.811. The highest BCUT2D eigenvalue weighted by molar-refractivity contribution is 9.10. The fourth-order valence-electron chi connectivity index (χ4n) is 3.03. The first-order chi connectivity index (χ1) is 11.6. The van der Waals surface area contributed by atoms with E-state index >= 15 is 0 Å². The molecule has 0 saturated carbocycles. The van der Waals surface area contributed by atoms with E-state index in [0.717, 1.165) is 41.7 Å². The SMILES string of the molecule is Cc1cc(Br)ccc1NC(=O)NC1CCN(c2ccccc2)CC1. The Hall–Kier alpha value is -2.01. The average molecular weight is 388 g/mol. The van der Waals surface area contributed by atoms with Crippen LogP contribution in [0.25, 0.3) is 0 Å². The molecule has 4 nitrogen and oxygen atoms in total. The minimum Gasteiger partial charge on any atom is -0.371 e. The number of rotatable bonds is 3. The standard InChI is InChI=1S/C19H22BrN3O/c1-14-13-15(20)7-8-18(14)22-19(24)21-16-9-11-23(12-10-16)17-5-3-2-4-6-17/h2-8,13,16H,9-12H2,1H3,(H2,21,22,24). The third-order valence-electron chi connectivity index (χ3n) is 4.39. The van der Waals surface area contributed by atoms with Crippen LogP contribution in [0.2, 0.25) is 0 Å². The number of carbonyl (C=O) groups excluding carboxylic acids is 1. The van der Waals surface area contributed by atoms with Crippen LogP contribution in [0.1, 0.15) is 18.4 Å². The lowest BCUT2D eigenvalue weighted by molar-refractivity contribution is 0.246. The number of amides is 2. The summed E-state index contributed by atoms with van der Waals surface area (Å²) in [7, 11) is 0. The van der Waals surface area contributed by atoms with Crippen molar-refractivity contribution >= 4 is 33.3 Å². The Balaban J connectivity index is 1.50. The Morgan fingerprint density at radius 2 is 1.83 bits per heavy atom. The number of carbonyl (C=O) groups is 1. The number of benzene rings is 2. The molecule has 126 valence electrons. The highest BCUT2D eigenvalue weighted by atomic mass is 79.9. The summed E-state index contributed by atoms with van der Waals surface area (Å²) >= 11 is 3.43. The molecular formula is C19H22BrN3O. The van der Waals surface area contributed by atoms with Crippen molar-refractivity contribution < 1.29 is 4.79 Å². The molecule has 1 aliphatic heterocycles. The Labute approximate surface area is 151 Å². The molecular weight excluding hydrogens is 366 g/mol. The molecule has 1 saturated heterocycles. The van der Waals surface area contributed by atoms with Crippen LogP contribution in [0.15, 0.2) is 53.0 Å². The largest absolute Gasteiger partial charge is 0.371 e. The van der Waals surface area contributed by atoms with Gasteiger partial charge in [-0.25, -0.2) is 4.79 Å². The van der Waals surface area contributed by atoms with Gasteiger partial charge in [0.25, 0.3) is 0 Å². The molecule has 3 rings (SSSR count). The molecule has 0 aromatic heterocycles. The van der Waals surface area contributed by atoms with Gasteiger partial charge in [0.15, 0.2) is 0 Å². The van der Waals surface area contributed by atoms with Gasteiger partial charge in [-0.2, -0.15) is 0 Å². The van der Waals surface area contributed by atoms with Gasteiger partial charge in [0, 0.05) is 35.0 Å². The zero-order valence-electron chi connectivity index (χ0n) is 13.8. The maximum atomic E-state index is 12.2. The summed E-state index contributed by atoms with van der Waals surface area (Å²) in [4.78, 5) is 14.6. The van der Waals surface area contributed by atoms with Crippen LogP contribution in [0, 0.1) is 6.92 Å². The lowest BCUT2D eigenvalue weighted by Gasteiger charge is -2.34. The van der Waals surface area contributed by atoms with E-state index in [-0.39, 0.29) is 12.1 Å². The number of hydrogen-bond acceptors (Lipinski definition) is 2. The molecule has 0 atom stereocenters. The minimum absolute atomic E-state index is 0.126. The molecule has 1 aliphatic rings. The third-order valence-corrected chi connectivity index (χ3v) is 4.88.